The van der Waals surface area contributed by atoms with Crippen molar-refractivity contribution in [2.24, 2.45) is 0 Å². The normalized spacial score (nSPS) is 12.3. The molecule has 0 unspecified atom stereocenters. The second-order valence-electron chi connectivity index (χ2n) is 5.63. The van der Waals surface area contributed by atoms with Gasteiger partial charge in [0.05, 0.1) is 5.56 Å². The first-order chi connectivity index (χ1) is 13.6. The third kappa shape index (κ3) is 5.43. The van der Waals surface area contributed by atoms with E-state index in [4.69, 9.17) is 25.7 Å². The van der Waals surface area contributed by atoms with Crippen molar-refractivity contribution in [1.82, 2.24) is 0 Å². The highest BCUT2D eigenvalue weighted by atomic mass is 127. The maximum atomic E-state index is 13.3. The summed E-state index contributed by atoms with van der Waals surface area (Å²) in [5.41, 5.74) is -1.27. The summed E-state index contributed by atoms with van der Waals surface area (Å²) in [6, 6.07) is 16.6. The lowest BCUT2D eigenvalue weighted by Gasteiger charge is -2.12. The average Bonchev–Trinajstić information content (AvgIpc) is 2.67. The molecule has 0 bridgehead atoms. The Morgan fingerprint density at radius 2 is 1.21 bits per heavy atom. The molecule has 0 aliphatic heterocycles. The van der Waals surface area contributed by atoms with E-state index in [2.05, 4.69) is 0 Å². The van der Waals surface area contributed by atoms with Gasteiger partial charge in [0.15, 0.2) is 7.14 Å². The Morgan fingerprint density at radius 1 is 0.759 bits per heavy atom. The molecule has 3 aromatic rings. The third-order valence-corrected chi connectivity index (χ3v) is 11.5. The highest BCUT2D eigenvalue weighted by molar-refractivity contribution is 7.86. The summed E-state index contributed by atoms with van der Waals surface area (Å²) in [6.45, 7) is 0. The monoisotopic (exact) mass is 574 g/mol. The lowest BCUT2D eigenvalue weighted by atomic mass is 10.2. The van der Waals surface area contributed by atoms with E-state index in [-0.39, 0.29) is 0 Å². The van der Waals surface area contributed by atoms with Crippen LogP contribution in [0.25, 0.3) is 0 Å². The van der Waals surface area contributed by atoms with E-state index in [0.717, 1.165) is 12.1 Å². The molecule has 0 heterocycles. The predicted molar refractivity (Wildman–Crippen MR) is 100 cm³/mol. The molecule has 153 valence electrons. The molecule has 0 saturated heterocycles. The molecule has 1 radical (unpaired) electrons. The Kier molecular flexibility index (Phi) is 6.79. The third-order valence-electron chi connectivity index (χ3n) is 3.61. The number of hydrogen-bond acceptors (Lipinski definition) is 3. The van der Waals surface area contributed by atoms with Crippen LogP contribution in [0.5, 0.6) is 0 Å². The van der Waals surface area contributed by atoms with Crippen LogP contribution in [0.15, 0.2) is 77.7 Å². The lowest BCUT2D eigenvalue weighted by molar-refractivity contribution is -1.03. The summed E-state index contributed by atoms with van der Waals surface area (Å²) in [5, 5.41) is 0.872. The molecule has 0 aliphatic rings. The first-order valence-electron chi connectivity index (χ1n) is 7.90. The highest BCUT2D eigenvalue weighted by Crippen LogP contribution is 2.34. The molecule has 3 aromatic carbocycles. The molecule has 29 heavy (non-hydrogen) atoms. The number of halogens is 6. The van der Waals surface area contributed by atoms with Crippen molar-refractivity contribution < 1.29 is 44.3 Å². The van der Waals surface area contributed by atoms with Crippen LogP contribution >= 0.6 is 23.2 Å². The molecule has 10 heteroatoms. The van der Waals surface area contributed by atoms with Crippen LogP contribution in [0.1, 0.15) is 5.56 Å². The first-order valence-corrected chi connectivity index (χ1v) is 13.1. The zero-order chi connectivity index (χ0) is 21.2. The van der Waals surface area contributed by atoms with Crippen molar-refractivity contribution in [2.75, 3.05) is 0 Å². The predicted octanol–water partition coefficient (Wildman–Crippen LogP) is 3.00. The second kappa shape index (κ2) is 8.81. The van der Waals surface area contributed by atoms with E-state index >= 15 is 0 Å². The van der Waals surface area contributed by atoms with Crippen LogP contribution in [-0.2, 0) is 18.8 Å². The molecule has 3 rings (SSSR count). The Balaban J connectivity index is 2.08. The summed E-state index contributed by atoms with van der Waals surface area (Å²) >= 11 is 8.64. The van der Waals surface area contributed by atoms with Crippen LogP contribution < -0.4 is 20.2 Å². The van der Waals surface area contributed by atoms with Gasteiger partial charge in [0, 0.05) is 10.0 Å². The zero-order valence-corrected chi connectivity index (χ0v) is 18.8. The fourth-order valence-electron chi connectivity index (χ4n) is 2.32. The SMILES string of the molecule is O=S(=O)(O[I+](c1ccc(Cl)cc1)c1ccc(Cl)cc1)c1ccccc1C(F)(F)F. The van der Waals surface area contributed by atoms with Crippen molar-refractivity contribution >= 4 is 33.3 Å². The van der Waals surface area contributed by atoms with Gasteiger partial charge in [-0.1, -0.05) is 35.3 Å². The quantitative estimate of drug-likeness (QED) is 0.440. The standard InChI is InChI=1S/C19H12Cl2F3IO3S/c20-13-5-9-15(10-6-13)25(16-11-7-14(21)8-12-16)28-29(26,27)18-4-2-1-3-17(18)19(22,23)24/h1-12H/q+1. The molecule has 0 spiro atoms. The highest BCUT2D eigenvalue weighted by Gasteiger charge is 2.42. The molecule has 3 nitrogen and oxygen atoms in total. The van der Waals surface area contributed by atoms with Crippen molar-refractivity contribution in [3.63, 3.8) is 0 Å². The number of benzene rings is 3. The van der Waals surface area contributed by atoms with Crippen LogP contribution in [0.2, 0.25) is 10.0 Å². The minimum absolute atomic E-state index is 0.436. The van der Waals surface area contributed by atoms with Crippen molar-refractivity contribution in [1.29, 1.82) is 0 Å². The Labute approximate surface area is 183 Å². The number of alkyl halides is 3. The van der Waals surface area contributed by atoms with Crippen LogP contribution in [0.3, 0.4) is 0 Å². The fourth-order valence-corrected chi connectivity index (χ4v) is 9.64. The van der Waals surface area contributed by atoms with Crippen molar-refractivity contribution in [3.8, 4) is 0 Å². The second-order valence-corrected chi connectivity index (χ2v) is 13.0. The van der Waals surface area contributed by atoms with Gasteiger partial charge in [-0.15, -0.1) is 0 Å². The summed E-state index contributed by atoms with van der Waals surface area (Å²) in [4.78, 5) is -0.919. The summed E-state index contributed by atoms with van der Waals surface area (Å²) in [5.74, 6) is 0. The Bertz CT molecular complexity index is 1060. The maximum absolute atomic E-state index is 13.3. The molecular weight excluding hydrogens is 563 g/mol. The van der Waals surface area contributed by atoms with Gasteiger partial charge in [-0.25, -0.2) is 0 Å². The molecular formula is C19H12Cl2F3IO3S+. The van der Waals surface area contributed by atoms with E-state index < -0.39 is 47.0 Å². The summed E-state index contributed by atoms with van der Waals surface area (Å²) < 4.78 is 72.2. The molecule has 0 fully saturated rings. The van der Waals surface area contributed by atoms with Crippen LogP contribution in [0.4, 0.5) is 13.2 Å². The van der Waals surface area contributed by atoms with Gasteiger partial charge >= 0.3 is 36.5 Å². The fraction of sp³-hybridized carbons (Fsp3) is 0.0526. The summed E-state index contributed by atoms with van der Waals surface area (Å²) in [6.07, 6.45) is -4.84. The Morgan fingerprint density at radius 3 is 1.66 bits per heavy atom. The lowest BCUT2D eigenvalue weighted by Crippen LogP contribution is -3.85. The largest absolute Gasteiger partial charge is 0.417 e. The topological polar surface area (TPSA) is 43.4 Å². The van der Waals surface area contributed by atoms with Gasteiger partial charge in [0.1, 0.15) is 4.90 Å². The molecule has 0 amide bonds. The van der Waals surface area contributed by atoms with E-state index in [1.54, 1.807) is 48.5 Å². The van der Waals surface area contributed by atoms with Gasteiger partial charge < -0.3 is 0 Å². The van der Waals surface area contributed by atoms with E-state index in [9.17, 15) is 21.6 Å². The van der Waals surface area contributed by atoms with Crippen molar-refractivity contribution in [3.05, 3.63) is 95.5 Å². The Hall–Kier alpha value is -1.33. The minimum Gasteiger partial charge on any atom is -0.190 e. The summed E-state index contributed by atoms with van der Waals surface area (Å²) in [7, 11) is -4.71. The van der Waals surface area contributed by atoms with E-state index in [1.807, 2.05) is 0 Å². The van der Waals surface area contributed by atoms with Crippen molar-refractivity contribution in [2.45, 2.75) is 11.1 Å². The molecule has 0 aliphatic carbocycles. The van der Waals surface area contributed by atoms with Crippen LogP contribution in [-0.4, -0.2) is 8.42 Å². The molecule has 0 saturated carbocycles. The van der Waals surface area contributed by atoms with Gasteiger partial charge in [0.25, 0.3) is 0 Å². The van der Waals surface area contributed by atoms with E-state index in [0.29, 0.717) is 23.3 Å². The first kappa shape index (κ1) is 22.4. The van der Waals surface area contributed by atoms with Crippen LogP contribution in [0, 0.1) is 7.14 Å². The van der Waals surface area contributed by atoms with Gasteiger partial charge in [-0.2, -0.15) is 21.6 Å². The molecule has 0 N–H and O–H groups in total. The smallest absolute Gasteiger partial charge is 0.190 e. The molecule has 0 aromatic heterocycles. The van der Waals surface area contributed by atoms with Gasteiger partial charge in [-0.05, 0) is 63.2 Å². The number of hydrogen-bond donors (Lipinski definition) is 0. The number of rotatable bonds is 5. The van der Waals surface area contributed by atoms with Gasteiger partial charge in [0.2, 0.25) is 0 Å². The average molecular weight is 575 g/mol. The maximum Gasteiger partial charge on any atom is 0.417 e. The van der Waals surface area contributed by atoms with Gasteiger partial charge in [-0.3, -0.25) is 0 Å². The molecule has 0 atom stereocenters. The zero-order valence-electron chi connectivity index (χ0n) is 14.3. The van der Waals surface area contributed by atoms with E-state index in [1.165, 1.54) is 6.07 Å². The minimum atomic E-state index is -4.84.